The van der Waals surface area contributed by atoms with Crippen LogP contribution in [0.2, 0.25) is 0 Å². The molecular formula is C9H16FNO4. The highest BCUT2D eigenvalue weighted by atomic mass is 19.1. The molecule has 0 radical (unpaired) electrons. The molecule has 0 aromatic heterocycles. The van der Waals surface area contributed by atoms with E-state index in [9.17, 15) is 14.3 Å². The zero-order valence-electron chi connectivity index (χ0n) is 8.60. The Labute approximate surface area is 87.8 Å². The largest absolute Gasteiger partial charge is 0.480 e. The summed E-state index contributed by atoms with van der Waals surface area (Å²) in [6.07, 6.45) is 0.763. The van der Waals surface area contributed by atoms with E-state index in [0.29, 0.717) is 6.33 Å². The van der Waals surface area contributed by atoms with E-state index in [4.69, 9.17) is 9.84 Å². The van der Waals surface area contributed by atoms with Crippen LogP contribution in [0.15, 0.2) is 12.4 Å². The number of aliphatic carboxylic acids is 1. The summed E-state index contributed by atoms with van der Waals surface area (Å²) in [6, 6.07) is 0. The molecule has 2 N–H and O–H groups in total. The molecule has 5 nitrogen and oxygen atoms in total. The fourth-order valence-electron chi connectivity index (χ4n) is 1.02. The van der Waals surface area contributed by atoms with Crippen molar-refractivity contribution in [2.45, 2.75) is 6.10 Å². The number of carboxylic acids is 1. The maximum atomic E-state index is 11.5. The molecule has 0 heterocycles. The van der Waals surface area contributed by atoms with Crippen molar-refractivity contribution in [3.8, 4) is 0 Å². The maximum absolute atomic E-state index is 11.5. The Bertz CT molecular complexity index is 210. The Kier molecular flexibility index (Phi) is 7.79. The third-order valence-corrected chi connectivity index (χ3v) is 1.54. The first kappa shape index (κ1) is 14.0. The van der Waals surface area contributed by atoms with Crippen LogP contribution in [0.3, 0.4) is 0 Å². The van der Waals surface area contributed by atoms with Crippen LogP contribution in [0.5, 0.6) is 0 Å². The second-order valence-electron chi connectivity index (χ2n) is 3.14. The number of nitrogens with zero attached hydrogens (tertiary/aromatic N) is 1. The molecule has 0 aromatic rings. The summed E-state index contributed by atoms with van der Waals surface area (Å²) >= 11 is 0. The predicted octanol–water partition coefficient (Wildman–Crippen LogP) is -0.137. The van der Waals surface area contributed by atoms with E-state index < -0.39 is 12.1 Å². The van der Waals surface area contributed by atoms with Crippen LogP contribution in [-0.2, 0) is 9.53 Å². The molecule has 0 rings (SSSR count). The van der Waals surface area contributed by atoms with Gasteiger partial charge in [-0.1, -0.05) is 0 Å². The number of likely N-dealkylation sites (N-methyl/N-ethyl adjacent to an activating group) is 1. The Hall–Kier alpha value is -0.980. The van der Waals surface area contributed by atoms with Crippen molar-refractivity contribution in [2.75, 3.05) is 33.4 Å². The number of halogens is 1. The molecule has 0 aromatic carbocycles. The topological polar surface area (TPSA) is 70.0 Å². The second kappa shape index (κ2) is 8.34. The number of aliphatic hydroxyl groups is 1. The van der Waals surface area contributed by atoms with Gasteiger partial charge in [0.1, 0.15) is 0 Å². The first-order chi connectivity index (χ1) is 7.06. The van der Waals surface area contributed by atoms with Crippen LogP contribution in [0, 0.1) is 0 Å². The number of ether oxygens (including phenoxy) is 1. The molecule has 0 aliphatic heterocycles. The van der Waals surface area contributed by atoms with Crippen molar-refractivity contribution in [1.29, 1.82) is 0 Å². The molecule has 0 amide bonds. The number of carbonyl (C=O) groups is 1. The standard InChI is InChI=1S/C9H16FNO4/c1-11(6-9(13)14)5-8(12)7-15-4-2-3-10/h2-3,8,12H,4-7H2,1H3,(H,13,14)/b3-2+. The molecule has 1 unspecified atom stereocenters. The third-order valence-electron chi connectivity index (χ3n) is 1.54. The van der Waals surface area contributed by atoms with Gasteiger partial charge in [-0.15, -0.1) is 0 Å². The Morgan fingerprint density at radius 1 is 1.67 bits per heavy atom. The van der Waals surface area contributed by atoms with Crippen LogP contribution < -0.4 is 0 Å². The fourth-order valence-corrected chi connectivity index (χ4v) is 1.02. The van der Waals surface area contributed by atoms with Crippen molar-refractivity contribution in [2.24, 2.45) is 0 Å². The van der Waals surface area contributed by atoms with Crippen molar-refractivity contribution in [1.82, 2.24) is 4.90 Å². The number of hydrogen-bond acceptors (Lipinski definition) is 4. The van der Waals surface area contributed by atoms with Crippen molar-refractivity contribution in [3.63, 3.8) is 0 Å². The minimum atomic E-state index is -0.953. The first-order valence-electron chi connectivity index (χ1n) is 4.47. The van der Waals surface area contributed by atoms with Crippen LogP contribution in [-0.4, -0.2) is 60.5 Å². The van der Waals surface area contributed by atoms with Crippen molar-refractivity contribution < 1.29 is 24.1 Å². The monoisotopic (exact) mass is 221 g/mol. The zero-order valence-corrected chi connectivity index (χ0v) is 8.60. The predicted molar refractivity (Wildman–Crippen MR) is 52.2 cm³/mol. The fraction of sp³-hybridized carbons (Fsp3) is 0.667. The molecule has 0 bridgehead atoms. The molecule has 0 fully saturated rings. The zero-order chi connectivity index (χ0) is 11.7. The lowest BCUT2D eigenvalue weighted by atomic mass is 10.3. The Morgan fingerprint density at radius 2 is 2.33 bits per heavy atom. The average molecular weight is 221 g/mol. The minimum absolute atomic E-state index is 0.0499. The molecule has 1 atom stereocenters. The number of hydrogen-bond donors (Lipinski definition) is 2. The highest BCUT2D eigenvalue weighted by Gasteiger charge is 2.10. The van der Waals surface area contributed by atoms with E-state index in [1.54, 1.807) is 7.05 Å². The highest BCUT2D eigenvalue weighted by molar-refractivity contribution is 5.68. The van der Waals surface area contributed by atoms with Crippen LogP contribution in [0.4, 0.5) is 4.39 Å². The summed E-state index contributed by atoms with van der Waals surface area (Å²) in [7, 11) is 1.58. The Morgan fingerprint density at radius 3 is 2.87 bits per heavy atom. The normalized spacial score (nSPS) is 13.6. The summed E-state index contributed by atoms with van der Waals surface area (Å²) in [6.45, 7) is 0.206. The lowest BCUT2D eigenvalue weighted by molar-refractivity contribution is -0.138. The highest BCUT2D eigenvalue weighted by Crippen LogP contribution is 1.91. The Balaban J connectivity index is 3.54. The van der Waals surface area contributed by atoms with Crippen LogP contribution >= 0.6 is 0 Å². The van der Waals surface area contributed by atoms with E-state index >= 15 is 0 Å². The summed E-state index contributed by atoms with van der Waals surface area (Å²) in [5, 5.41) is 17.8. The summed E-state index contributed by atoms with van der Waals surface area (Å²) in [4.78, 5) is 11.7. The van der Waals surface area contributed by atoms with Crippen molar-refractivity contribution in [3.05, 3.63) is 12.4 Å². The molecule has 0 aliphatic carbocycles. The van der Waals surface area contributed by atoms with Gasteiger partial charge in [0.15, 0.2) is 0 Å². The second-order valence-corrected chi connectivity index (χ2v) is 3.14. The van der Waals surface area contributed by atoms with Gasteiger partial charge in [0.25, 0.3) is 0 Å². The number of carboxylic acid groups (broad SMARTS) is 1. The van der Waals surface area contributed by atoms with E-state index in [0.717, 1.165) is 0 Å². The van der Waals surface area contributed by atoms with Crippen LogP contribution in [0.1, 0.15) is 0 Å². The molecule has 0 spiro atoms. The van der Waals surface area contributed by atoms with Gasteiger partial charge in [-0.25, -0.2) is 4.39 Å². The third kappa shape index (κ3) is 9.33. The van der Waals surface area contributed by atoms with E-state index in [-0.39, 0.29) is 26.3 Å². The molecular weight excluding hydrogens is 205 g/mol. The van der Waals surface area contributed by atoms with Gasteiger partial charge in [0.05, 0.1) is 32.2 Å². The summed E-state index contributed by atoms with van der Waals surface area (Å²) in [5.41, 5.74) is 0. The smallest absolute Gasteiger partial charge is 0.317 e. The lowest BCUT2D eigenvalue weighted by Gasteiger charge is -2.18. The van der Waals surface area contributed by atoms with Gasteiger partial charge < -0.3 is 14.9 Å². The quantitative estimate of drug-likeness (QED) is 0.558. The SMILES string of the molecule is CN(CC(=O)O)CC(O)COC/C=C/F. The van der Waals surface area contributed by atoms with Gasteiger partial charge >= 0.3 is 5.97 Å². The van der Waals surface area contributed by atoms with Gasteiger partial charge in [-0.2, -0.15) is 0 Å². The lowest BCUT2D eigenvalue weighted by Crippen LogP contribution is -2.35. The molecule has 0 saturated carbocycles. The van der Waals surface area contributed by atoms with Crippen LogP contribution in [0.25, 0.3) is 0 Å². The number of aliphatic hydroxyl groups excluding tert-OH is 1. The average Bonchev–Trinajstić information content (AvgIpc) is 2.10. The van der Waals surface area contributed by atoms with Gasteiger partial charge in [-0.05, 0) is 13.1 Å². The molecule has 0 saturated heterocycles. The molecule has 88 valence electrons. The maximum Gasteiger partial charge on any atom is 0.317 e. The van der Waals surface area contributed by atoms with E-state index in [1.807, 2.05) is 0 Å². The van der Waals surface area contributed by atoms with Gasteiger partial charge in [0, 0.05) is 6.54 Å². The van der Waals surface area contributed by atoms with Gasteiger partial charge in [0.2, 0.25) is 0 Å². The van der Waals surface area contributed by atoms with E-state index in [1.165, 1.54) is 11.0 Å². The minimum Gasteiger partial charge on any atom is -0.480 e. The molecule has 15 heavy (non-hydrogen) atoms. The molecule has 6 heteroatoms. The number of rotatable bonds is 8. The van der Waals surface area contributed by atoms with Crippen molar-refractivity contribution >= 4 is 5.97 Å². The van der Waals surface area contributed by atoms with Gasteiger partial charge in [-0.3, -0.25) is 9.69 Å². The van der Waals surface area contributed by atoms with E-state index in [2.05, 4.69) is 0 Å². The first-order valence-corrected chi connectivity index (χ1v) is 4.47. The summed E-state index contributed by atoms with van der Waals surface area (Å²) < 4.78 is 16.4. The summed E-state index contributed by atoms with van der Waals surface area (Å²) in [5.74, 6) is -0.953. The molecule has 0 aliphatic rings.